The predicted octanol–water partition coefficient (Wildman–Crippen LogP) is 3.97. The third-order valence-corrected chi connectivity index (χ3v) is 4.75. The van der Waals surface area contributed by atoms with Gasteiger partial charge in [-0.25, -0.2) is 0 Å². The zero-order chi connectivity index (χ0) is 17.8. The van der Waals surface area contributed by atoms with Gasteiger partial charge in [-0.1, -0.05) is 18.2 Å². The number of rotatable bonds is 1. The van der Waals surface area contributed by atoms with Gasteiger partial charge in [-0.05, 0) is 31.2 Å². The summed E-state index contributed by atoms with van der Waals surface area (Å²) in [6, 6.07) is 14.0. The molecule has 0 amide bonds. The summed E-state index contributed by atoms with van der Waals surface area (Å²) in [5, 5.41) is 40.6. The van der Waals surface area contributed by atoms with Gasteiger partial charge >= 0.3 is 0 Å². The van der Waals surface area contributed by atoms with Crippen molar-refractivity contribution in [2.75, 3.05) is 0 Å². The molecule has 0 bridgehead atoms. The highest BCUT2D eigenvalue weighted by atomic mass is 16.5. The lowest BCUT2D eigenvalue weighted by Crippen LogP contribution is -2.29. The first-order valence-corrected chi connectivity index (χ1v) is 7.77. The molecular weight excluding hydrogens is 320 g/mol. The molecule has 1 aliphatic heterocycles. The van der Waals surface area contributed by atoms with Crippen LogP contribution in [0.3, 0.4) is 0 Å². The highest BCUT2D eigenvalue weighted by Crippen LogP contribution is 2.56. The average Bonchev–Trinajstić information content (AvgIpc) is 2.54. The molecule has 1 heterocycles. The zero-order valence-corrected chi connectivity index (χ0v) is 13.4. The lowest BCUT2D eigenvalue weighted by Gasteiger charge is -2.38. The summed E-state index contributed by atoms with van der Waals surface area (Å²) in [5.41, 5.74) is 0.748. The standard InChI is InChI=1S/C20H16O5/c1-20(19-15(23)3-2-4-16(19)24)13-7-5-11(21)9-17(13)25-18-10-12(22)6-8-14(18)20/h2-10,21-24H,1H3. The molecule has 0 saturated heterocycles. The van der Waals surface area contributed by atoms with Crippen molar-refractivity contribution in [3.05, 3.63) is 71.3 Å². The molecule has 0 unspecified atom stereocenters. The third kappa shape index (κ3) is 2.09. The van der Waals surface area contributed by atoms with Crippen molar-refractivity contribution in [2.24, 2.45) is 0 Å². The van der Waals surface area contributed by atoms with Crippen LogP contribution in [0.15, 0.2) is 54.6 Å². The second-order valence-electron chi connectivity index (χ2n) is 6.26. The first kappa shape index (κ1) is 15.2. The maximum absolute atomic E-state index is 10.5. The van der Waals surface area contributed by atoms with Crippen LogP contribution in [0.1, 0.15) is 23.6 Å². The van der Waals surface area contributed by atoms with E-state index < -0.39 is 5.41 Å². The van der Waals surface area contributed by atoms with Crippen LogP contribution in [0.2, 0.25) is 0 Å². The van der Waals surface area contributed by atoms with Gasteiger partial charge in [-0.3, -0.25) is 0 Å². The SMILES string of the molecule is CC1(c2c(O)cccc2O)c2ccc(O)cc2Oc2cc(O)ccc21. The fourth-order valence-electron chi connectivity index (χ4n) is 3.59. The highest BCUT2D eigenvalue weighted by molar-refractivity contribution is 5.68. The molecule has 1 aliphatic rings. The minimum Gasteiger partial charge on any atom is -0.508 e. The lowest BCUT2D eigenvalue weighted by molar-refractivity contribution is 0.389. The van der Waals surface area contributed by atoms with Gasteiger partial charge in [0.2, 0.25) is 0 Å². The predicted molar refractivity (Wildman–Crippen MR) is 91.6 cm³/mol. The quantitative estimate of drug-likeness (QED) is 0.540. The van der Waals surface area contributed by atoms with Crippen molar-refractivity contribution >= 4 is 0 Å². The Labute approximate surface area is 144 Å². The molecule has 25 heavy (non-hydrogen) atoms. The summed E-state index contributed by atoms with van der Waals surface area (Å²) in [6.07, 6.45) is 0. The van der Waals surface area contributed by atoms with Crippen LogP contribution in [0.5, 0.6) is 34.5 Å². The van der Waals surface area contributed by atoms with Crippen molar-refractivity contribution in [3.63, 3.8) is 0 Å². The molecule has 0 spiro atoms. The van der Waals surface area contributed by atoms with Gasteiger partial charge in [0.25, 0.3) is 0 Å². The Kier molecular flexibility index (Phi) is 3.09. The Balaban J connectivity index is 2.11. The number of phenolic OH excluding ortho intramolecular Hbond substituents is 4. The van der Waals surface area contributed by atoms with Gasteiger partial charge < -0.3 is 25.2 Å². The first-order chi connectivity index (χ1) is 11.9. The fourth-order valence-corrected chi connectivity index (χ4v) is 3.59. The van der Waals surface area contributed by atoms with Gasteiger partial charge in [-0.2, -0.15) is 0 Å². The Bertz CT molecular complexity index is 922. The molecule has 0 fully saturated rings. The van der Waals surface area contributed by atoms with E-state index in [2.05, 4.69) is 0 Å². The lowest BCUT2D eigenvalue weighted by atomic mass is 9.68. The molecule has 0 atom stereocenters. The van der Waals surface area contributed by atoms with Crippen LogP contribution in [-0.4, -0.2) is 20.4 Å². The summed E-state index contributed by atoms with van der Waals surface area (Å²) in [5.74, 6) is 0.744. The smallest absolute Gasteiger partial charge is 0.135 e. The summed E-state index contributed by atoms with van der Waals surface area (Å²) in [6.45, 7) is 1.86. The van der Waals surface area contributed by atoms with Crippen molar-refractivity contribution < 1.29 is 25.2 Å². The van der Waals surface area contributed by atoms with Crippen molar-refractivity contribution in [3.8, 4) is 34.5 Å². The van der Waals surface area contributed by atoms with Crippen LogP contribution in [-0.2, 0) is 5.41 Å². The van der Waals surface area contributed by atoms with Crippen LogP contribution in [0.4, 0.5) is 0 Å². The molecule has 0 radical (unpaired) electrons. The van der Waals surface area contributed by atoms with Crippen LogP contribution >= 0.6 is 0 Å². The van der Waals surface area contributed by atoms with Crippen molar-refractivity contribution in [1.82, 2.24) is 0 Å². The molecule has 4 N–H and O–H groups in total. The Hall–Kier alpha value is -3.34. The van der Waals surface area contributed by atoms with Crippen LogP contribution in [0, 0.1) is 0 Å². The summed E-state index contributed by atoms with van der Waals surface area (Å²) in [7, 11) is 0. The normalized spacial score (nSPS) is 14.3. The molecule has 0 aromatic heterocycles. The zero-order valence-electron chi connectivity index (χ0n) is 13.4. The minimum atomic E-state index is -0.945. The van der Waals surface area contributed by atoms with E-state index in [-0.39, 0.29) is 23.0 Å². The van der Waals surface area contributed by atoms with Crippen molar-refractivity contribution in [1.29, 1.82) is 0 Å². The van der Waals surface area contributed by atoms with Crippen molar-refractivity contribution in [2.45, 2.75) is 12.3 Å². The van der Waals surface area contributed by atoms with E-state index in [9.17, 15) is 20.4 Å². The number of hydrogen-bond acceptors (Lipinski definition) is 5. The second kappa shape index (κ2) is 5.08. The van der Waals surface area contributed by atoms with Gasteiger partial charge in [0.15, 0.2) is 0 Å². The number of ether oxygens (including phenoxy) is 1. The molecule has 3 aromatic carbocycles. The number of hydrogen-bond donors (Lipinski definition) is 4. The van der Waals surface area contributed by atoms with Crippen LogP contribution in [0.25, 0.3) is 0 Å². The molecule has 5 nitrogen and oxygen atoms in total. The maximum atomic E-state index is 10.5. The molecule has 0 saturated carbocycles. The second-order valence-corrected chi connectivity index (χ2v) is 6.26. The van der Waals surface area contributed by atoms with E-state index in [1.807, 2.05) is 6.92 Å². The third-order valence-electron chi connectivity index (χ3n) is 4.75. The van der Waals surface area contributed by atoms with E-state index in [1.165, 1.54) is 36.4 Å². The Morgan fingerprint density at radius 1 is 0.720 bits per heavy atom. The fraction of sp³-hybridized carbons (Fsp3) is 0.100. The van der Waals surface area contributed by atoms with Gasteiger partial charge in [0, 0.05) is 23.3 Å². The Morgan fingerprint density at radius 3 is 1.68 bits per heavy atom. The van der Waals surface area contributed by atoms with E-state index in [0.29, 0.717) is 28.2 Å². The number of fused-ring (bicyclic) bond motifs is 2. The molecule has 0 aliphatic carbocycles. The maximum Gasteiger partial charge on any atom is 0.135 e. The monoisotopic (exact) mass is 336 g/mol. The highest BCUT2D eigenvalue weighted by Gasteiger charge is 2.43. The number of benzene rings is 3. The van der Waals surface area contributed by atoms with E-state index in [4.69, 9.17) is 4.74 Å². The summed E-state index contributed by atoms with van der Waals surface area (Å²) < 4.78 is 5.85. The molecule has 4 rings (SSSR count). The molecule has 126 valence electrons. The largest absolute Gasteiger partial charge is 0.508 e. The van der Waals surface area contributed by atoms with Gasteiger partial charge in [0.05, 0.1) is 11.0 Å². The van der Waals surface area contributed by atoms with Gasteiger partial charge in [-0.15, -0.1) is 0 Å². The number of aromatic hydroxyl groups is 4. The van der Waals surface area contributed by atoms with Crippen LogP contribution < -0.4 is 4.74 Å². The minimum absolute atomic E-state index is 0.0335. The first-order valence-electron chi connectivity index (χ1n) is 7.77. The van der Waals surface area contributed by atoms with Gasteiger partial charge in [0.1, 0.15) is 34.5 Å². The topological polar surface area (TPSA) is 90.2 Å². The number of phenols is 4. The van der Waals surface area contributed by atoms with E-state index in [0.717, 1.165) is 0 Å². The molecular formula is C20H16O5. The van der Waals surface area contributed by atoms with E-state index in [1.54, 1.807) is 18.2 Å². The Morgan fingerprint density at radius 2 is 1.20 bits per heavy atom. The van der Waals surface area contributed by atoms with E-state index >= 15 is 0 Å². The average molecular weight is 336 g/mol. The summed E-state index contributed by atoms with van der Waals surface area (Å²) in [4.78, 5) is 0. The molecule has 5 heteroatoms. The molecule has 3 aromatic rings. The summed E-state index contributed by atoms with van der Waals surface area (Å²) >= 11 is 0.